The van der Waals surface area contributed by atoms with Gasteiger partial charge in [0.15, 0.2) is 0 Å². The number of aliphatic hydroxyl groups excluding tert-OH is 2. The minimum Gasteiger partial charge on any atom is -0.462 e. The molecule has 0 spiro atoms. The number of aliphatic hydroxyl groups is 2. The van der Waals surface area contributed by atoms with Crippen LogP contribution < -0.4 is 5.32 Å². The maximum atomic E-state index is 13.1. The molecule has 0 bridgehead atoms. The van der Waals surface area contributed by atoms with E-state index in [4.69, 9.17) is 4.74 Å². The van der Waals surface area contributed by atoms with Crippen molar-refractivity contribution in [2.24, 2.45) is 0 Å². The van der Waals surface area contributed by atoms with Crippen molar-refractivity contribution in [1.29, 1.82) is 0 Å². The van der Waals surface area contributed by atoms with Crippen molar-refractivity contribution in [3.8, 4) is 0 Å². The van der Waals surface area contributed by atoms with Gasteiger partial charge in [0.25, 0.3) is 0 Å². The lowest BCUT2D eigenvalue weighted by molar-refractivity contribution is -0.151. The second kappa shape index (κ2) is 38.1. The van der Waals surface area contributed by atoms with Crippen LogP contribution in [0.15, 0.2) is 0 Å². The standard InChI is InChI=1S/C43H85NO5/c1-4-7-10-13-16-19-21-23-25-28-31-34-39(49-43(48)36-33-30-27-22-18-15-12-9-6-3)37-42(47)44-40(38-45)41(46)35-32-29-26-24-20-17-14-11-8-5-2/h39-41,45-46H,4-38H2,1-3H3,(H,44,47). The van der Waals surface area contributed by atoms with E-state index in [1.165, 1.54) is 148 Å². The number of hydrogen-bond acceptors (Lipinski definition) is 5. The molecule has 3 unspecified atom stereocenters. The van der Waals surface area contributed by atoms with Gasteiger partial charge in [-0.05, 0) is 25.7 Å². The Bertz CT molecular complexity index is 702. The van der Waals surface area contributed by atoms with Crippen LogP contribution in [0.1, 0.15) is 239 Å². The number of ether oxygens (including phenoxy) is 1. The molecule has 49 heavy (non-hydrogen) atoms. The molecule has 0 saturated heterocycles. The average molecular weight is 696 g/mol. The first-order chi connectivity index (χ1) is 24.0. The van der Waals surface area contributed by atoms with Crippen molar-refractivity contribution in [2.45, 2.75) is 257 Å². The van der Waals surface area contributed by atoms with E-state index in [1.54, 1.807) is 0 Å². The molecule has 3 N–H and O–H groups in total. The zero-order valence-corrected chi connectivity index (χ0v) is 33.1. The molecule has 0 aliphatic carbocycles. The summed E-state index contributed by atoms with van der Waals surface area (Å²) in [7, 11) is 0. The fourth-order valence-corrected chi connectivity index (χ4v) is 6.84. The number of amides is 1. The number of nitrogens with one attached hydrogen (secondary N) is 1. The number of carbonyl (C=O) groups excluding carboxylic acids is 2. The van der Waals surface area contributed by atoms with E-state index in [1.807, 2.05) is 0 Å². The Morgan fingerprint density at radius 1 is 0.510 bits per heavy atom. The van der Waals surface area contributed by atoms with Crippen LogP contribution in [0.3, 0.4) is 0 Å². The topological polar surface area (TPSA) is 95.9 Å². The first-order valence-electron chi connectivity index (χ1n) is 21.8. The first-order valence-corrected chi connectivity index (χ1v) is 21.8. The van der Waals surface area contributed by atoms with E-state index >= 15 is 0 Å². The van der Waals surface area contributed by atoms with Gasteiger partial charge in [0, 0.05) is 6.42 Å². The lowest BCUT2D eigenvalue weighted by Gasteiger charge is -2.24. The monoisotopic (exact) mass is 696 g/mol. The van der Waals surface area contributed by atoms with Crippen molar-refractivity contribution in [2.75, 3.05) is 6.61 Å². The summed E-state index contributed by atoms with van der Waals surface area (Å²) in [4.78, 5) is 25.8. The highest BCUT2D eigenvalue weighted by atomic mass is 16.5. The maximum Gasteiger partial charge on any atom is 0.306 e. The Morgan fingerprint density at radius 2 is 0.857 bits per heavy atom. The van der Waals surface area contributed by atoms with Gasteiger partial charge in [-0.25, -0.2) is 0 Å². The molecule has 0 heterocycles. The molecule has 0 rings (SSSR count). The molecule has 0 aromatic heterocycles. The van der Waals surface area contributed by atoms with Gasteiger partial charge in [0.05, 0.1) is 25.2 Å². The third-order valence-electron chi connectivity index (χ3n) is 10.2. The average Bonchev–Trinajstić information content (AvgIpc) is 3.09. The molecule has 3 atom stereocenters. The molecular formula is C43H85NO5. The summed E-state index contributed by atoms with van der Waals surface area (Å²) in [6.45, 7) is 6.44. The van der Waals surface area contributed by atoms with E-state index in [-0.39, 0.29) is 24.9 Å². The van der Waals surface area contributed by atoms with Gasteiger partial charge in [0.2, 0.25) is 5.91 Å². The van der Waals surface area contributed by atoms with Crippen molar-refractivity contribution >= 4 is 11.9 Å². The van der Waals surface area contributed by atoms with Crippen molar-refractivity contribution in [1.82, 2.24) is 5.32 Å². The molecule has 1 amide bonds. The van der Waals surface area contributed by atoms with E-state index in [0.29, 0.717) is 19.3 Å². The summed E-state index contributed by atoms with van der Waals surface area (Å²) in [5.74, 6) is -0.464. The highest BCUT2D eigenvalue weighted by Crippen LogP contribution is 2.18. The molecule has 292 valence electrons. The van der Waals surface area contributed by atoms with Crippen molar-refractivity contribution < 1.29 is 24.5 Å². The highest BCUT2D eigenvalue weighted by molar-refractivity contribution is 5.77. The van der Waals surface area contributed by atoms with Gasteiger partial charge in [-0.15, -0.1) is 0 Å². The predicted octanol–water partition coefficient (Wildman–Crippen LogP) is 12.1. The smallest absolute Gasteiger partial charge is 0.306 e. The zero-order valence-electron chi connectivity index (χ0n) is 33.1. The zero-order chi connectivity index (χ0) is 36.0. The molecule has 0 radical (unpaired) electrons. The van der Waals surface area contributed by atoms with Gasteiger partial charge >= 0.3 is 5.97 Å². The van der Waals surface area contributed by atoms with Crippen LogP contribution in [-0.2, 0) is 14.3 Å². The van der Waals surface area contributed by atoms with E-state index < -0.39 is 18.2 Å². The van der Waals surface area contributed by atoms with Crippen LogP contribution in [0.4, 0.5) is 0 Å². The summed E-state index contributed by atoms with van der Waals surface area (Å²) in [5.41, 5.74) is 0. The lowest BCUT2D eigenvalue weighted by Crippen LogP contribution is -2.46. The minimum atomic E-state index is -0.776. The maximum absolute atomic E-state index is 13.1. The minimum absolute atomic E-state index is 0.0860. The van der Waals surface area contributed by atoms with Gasteiger partial charge in [-0.2, -0.15) is 0 Å². The normalized spacial score (nSPS) is 13.3. The Kier molecular flexibility index (Phi) is 37.2. The molecular weight excluding hydrogens is 610 g/mol. The number of unbranched alkanes of at least 4 members (excludes halogenated alkanes) is 27. The first kappa shape index (κ1) is 47.9. The van der Waals surface area contributed by atoms with Crippen molar-refractivity contribution in [3.05, 3.63) is 0 Å². The van der Waals surface area contributed by atoms with E-state index in [0.717, 1.165) is 44.9 Å². The number of hydrogen-bond donors (Lipinski definition) is 3. The summed E-state index contributed by atoms with van der Waals surface area (Å²) < 4.78 is 5.87. The fourth-order valence-electron chi connectivity index (χ4n) is 6.84. The largest absolute Gasteiger partial charge is 0.462 e. The fraction of sp³-hybridized carbons (Fsp3) is 0.953. The summed E-state index contributed by atoms with van der Waals surface area (Å²) in [5, 5.41) is 23.5. The predicted molar refractivity (Wildman–Crippen MR) is 209 cm³/mol. The Hall–Kier alpha value is -1.14. The van der Waals surface area contributed by atoms with Crippen LogP contribution in [-0.4, -0.2) is 46.9 Å². The van der Waals surface area contributed by atoms with Crippen LogP contribution in [0.5, 0.6) is 0 Å². The molecule has 0 aromatic rings. The van der Waals surface area contributed by atoms with Gasteiger partial charge in [-0.3, -0.25) is 9.59 Å². The van der Waals surface area contributed by atoms with Crippen LogP contribution in [0.2, 0.25) is 0 Å². The quantitative estimate of drug-likeness (QED) is 0.0439. The lowest BCUT2D eigenvalue weighted by atomic mass is 10.0. The Balaban J connectivity index is 4.55. The molecule has 6 nitrogen and oxygen atoms in total. The Morgan fingerprint density at radius 3 is 1.24 bits per heavy atom. The van der Waals surface area contributed by atoms with Crippen molar-refractivity contribution in [3.63, 3.8) is 0 Å². The summed E-state index contributed by atoms with van der Waals surface area (Å²) in [6.07, 6.45) is 37.3. The van der Waals surface area contributed by atoms with E-state index in [2.05, 4.69) is 26.1 Å². The molecule has 6 heteroatoms. The highest BCUT2D eigenvalue weighted by Gasteiger charge is 2.24. The van der Waals surface area contributed by atoms with E-state index in [9.17, 15) is 19.8 Å². The number of esters is 1. The third-order valence-corrected chi connectivity index (χ3v) is 10.2. The number of rotatable bonds is 39. The SMILES string of the molecule is CCCCCCCCCCCCCC(CC(=O)NC(CO)C(O)CCCCCCCCCCCC)OC(=O)CCCCCCCCCCC. The van der Waals surface area contributed by atoms with Crippen LogP contribution >= 0.6 is 0 Å². The molecule has 0 aliphatic heterocycles. The van der Waals surface area contributed by atoms with Gasteiger partial charge in [-0.1, -0.05) is 201 Å². The number of carbonyl (C=O) groups is 2. The molecule has 0 fully saturated rings. The third kappa shape index (κ3) is 33.7. The summed E-state index contributed by atoms with van der Waals surface area (Å²) in [6, 6.07) is -0.689. The molecule has 0 aromatic carbocycles. The summed E-state index contributed by atoms with van der Waals surface area (Å²) >= 11 is 0. The van der Waals surface area contributed by atoms with Crippen LogP contribution in [0.25, 0.3) is 0 Å². The van der Waals surface area contributed by atoms with Gasteiger partial charge in [0.1, 0.15) is 6.10 Å². The second-order valence-electron chi connectivity index (χ2n) is 15.1. The van der Waals surface area contributed by atoms with Crippen LogP contribution in [0, 0.1) is 0 Å². The molecule has 0 aliphatic rings. The molecule has 0 saturated carbocycles. The second-order valence-corrected chi connectivity index (χ2v) is 15.1. The van der Waals surface area contributed by atoms with Gasteiger partial charge < -0.3 is 20.3 Å². The Labute approximate surface area is 305 Å².